The fourth-order valence-electron chi connectivity index (χ4n) is 2.98. The number of nitriles is 1. The van der Waals surface area contributed by atoms with E-state index in [0.717, 1.165) is 28.6 Å². The monoisotopic (exact) mass is 477 g/mol. The average molecular weight is 477 g/mol. The highest BCUT2D eigenvalue weighted by atomic mass is 32.2. The molecule has 9 nitrogen and oxygen atoms in total. The molecule has 0 aliphatic carbocycles. The van der Waals surface area contributed by atoms with Crippen LogP contribution in [0.1, 0.15) is 5.56 Å². The number of halogens is 4. The Morgan fingerprint density at radius 2 is 1.97 bits per heavy atom. The lowest BCUT2D eigenvalue weighted by Gasteiger charge is -2.27. The van der Waals surface area contributed by atoms with Crippen LogP contribution >= 0.6 is 0 Å². The topological polar surface area (TPSA) is 133 Å². The summed E-state index contributed by atoms with van der Waals surface area (Å²) in [7, 11) is -4.41. The van der Waals surface area contributed by atoms with Gasteiger partial charge < -0.3 is 19.7 Å². The van der Waals surface area contributed by atoms with E-state index in [0.29, 0.717) is 6.20 Å². The van der Waals surface area contributed by atoms with Gasteiger partial charge in [-0.1, -0.05) is 0 Å². The van der Waals surface area contributed by atoms with E-state index in [2.05, 4.69) is 9.72 Å². The number of aliphatic hydroxyl groups is 2. The number of ether oxygens (including phenoxy) is 2. The van der Waals surface area contributed by atoms with E-state index < -0.39 is 64.4 Å². The van der Waals surface area contributed by atoms with Crippen molar-refractivity contribution in [3.05, 3.63) is 47.9 Å². The minimum Gasteiger partial charge on any atom is -0.486 e. The Bertz CT molecular complexity index is 1140. The molecule has 32 heavy (non-hydrogen) atoms. The third kappa shape index (κ3) is 4.91. The maximum Gasteiger partial charge on any atom is 0.573 e. The zero-order valence-electron chi connectivity index (χ0n) is 16.0. The molecule has 1 aromatic heterocycles. The van der Waals surface area contributed by atoms with E-state index >= 15 is 0 Å². The fraction of sp³-hybridized carbons (Fsp3) is 0.333. The Hall–Kier alpha value is -2.99. The van der Waals surface area contributed by atoms with Gasteiger partial charge in [-0.15, -0.1) is 13.2 Å². The Morgan fingerprint density at radius 1 is 1.28 bits per heavy atom. The molecule has 0 bridgehead atoms. The Balaban J connectivity index is 1.81. The zero-order chi connectivity index (χ0) is 23.7. The highest BCUT2D eigenvalue weighted by molar-refractivity contribution is 7.89. The quantitative estimate of drug-likeness (QED) is 0.593. The molecule has 0 saturated carbocycles. The maximum atomic E-state index is 13.8. The van der Waals surface area contributed by atoms with Gasteiger partial charge >= 0.3 is 6.36 Å². The normalized spacial score (nSPS) is 21.8. The van der Waals surface area contributed by atoms with E-state index in [9.17, 15) is 36.2 Å². The zero-order valence-corrected chi connectivity index (χ0v) is 16.8. The molecule has 3 rings (SSSR count). The number of pyridine rings is 1. The predicted octanol–water partition coefficient (Wildman–Crippen LogP) is 1.17. The second-order valence-electron chi connectivity index (χ2n) is 6.80. The number of benzene rings is 1. The summed E-state index contributed by atoms with van der Waals surface area (Å²) >= 11 is 0. The first-order chi connectivity index (χ1) is 14.9. The van der Waals surface area contributed by atoms with Gasteiger partial charge in [-0.3, -0.25) is 0 Å². The molecule has 2 N–H and O–H groups in total. The van der Waals surface area contributed by atoms with Crippen molar-refractivity contribution in [3.8, 4) is 17.6 Å². The molecule has 0 amide bonds. The number of sulfonamides is 1. The summed E-state index contributed by atoms with van der Waals surface area (Å²) in [6.07, 6.45) is -5.74. The number of alkyl halides is 3. The summed E-state index contributed by atoms with van der Waals surface area (Å²) < 4.78 is 86.1. The van der Waals surface area contributed by atoms with Gasteiger partial charge in [0.05, 0.1) is 24.9 Å². The molecule has 1 saturated heterocycles. The second kappa shape index (κ2) is 8.51. The highest BCUT2D eigenvalue weighted by Gasteiger charge is 2.51. The lowest BCUT2D eigenvalue weighted by molar-refractivity contribution is -0.274. The van der Waals surface area contributed by atoms with Crippen LogP contribution in [0.4, 0.5) is 17.6 Å². The molecule has 1 aromatic carbocycles. The number of rotatable bonds is 6. The molecule has 0 spiro atoms. The van der Waals surface area contributed by atoms with Crippen molar-refractivity contribution in [1.82, 2.24) is 9.29 Å². The summed E-state index contributed by atoms with van der Waals surface area (Å²) in [5, 5.41) is 28.4. The molecule has 14 heteroatoms. The van der Waals surface area contributed by atoms with Crippen LogP contribution in [0.2, 0.25) is 0 Å². The molecule has 0 unspecified atom stereocenters. The number of aliphatic hydroxyl groups excluding tert-OH is 1. The van der Waals surface area contributed by atoms with Gasteiger partial charge in [0.15, 0.2) is 5.03 Å². The van der Waals surface area contributed by atoms with Crippen molar-refractivity contribution in [3.63, 3.8) is 0 Å². The van der Waals surface area contributed by atoms with Gasteiger partial charge in [0.25, 0.3) is 10.0 Å². The van der Waals surface area contributed by atoms with Crippen molar-refractivity contribution in [1.29, 1.82) is 5.26 Å². The Morgan fingerprint density at radius 3 is 2.50 bits per heavy atom. The molecule has 1 aliphatic rings. The molecule has 172 valence electrons. The molecule has 1 aliphatic heterocycles. The third-order valence-corrected chi connectivity index (χ3v) is 6.31. The Labute approximate surface area is 179 Å². The standard InChI is InChI=1S/C18H15F4N3O6S/c19-14-5-12(2-1-11(14)6-23)30-15-8-25(9-17(15,27)10-26)32(28,29)16-4-3-13(7-24-16)31-18(20,21)22/h1-5,7,15,26-27H,8-10H2/t15-,17+/m0/s1. The molecule has 2 heterocycles. The summed E-state index contributed by atoms with van der Waals surface area (Å²) in [5.74, 6) is -1.75. The molecule has 2 aromatic rings. The van der Waals surface area contributed by atoms with E-state index in [1.165, 1.54) is 6.07 Å². The number of hydrogen-bond acceptors (Lipinski definition) is 8. The van der Waals surface area contributed by atoms with Gasteiger partial charge in [-0.2, -0.15) is 9.57 Å². The minimum absolute atomic E-state index is 0.121. The lowest BCUT2D eigenvalue weighted by atomic mass is 10.0. The smallest absolute Gasteiger partial charge is 0.486 e. The SMILES string of the molecule is N#Cc1ccc(O[C@H]2CN(S(=O)(=O)c3ccc(OC(F)(F)F)cn3)C[C@@]2(O)CO)cc1F. The van der Waals surface area contributed by atoms with Crippen LogP contribution in [0.5, 0.6) is 11.5 Å². The molecule has 2 atom stereocenters. The van der Waals surface area contributed by atoms with E-state index in [4.69, 9.17) is 10.00 Å². The van der Waals surface area contributed by atoms with Crippen molar-refractivity contribution in [2.24, 2.45) is 0 Å². The number of hydrogen-bond donors (Lipinski definition) is 2. The van der Waals surface area contributed by atoms with Crippen LogP contribution in [-0.2, 0) is 10.0 Å². The average Bonchev–Trinajstić information content (AvgIpc) is 3.05. The first kappa shape index (κ1) is 23.7. The van der Waals surface area contributed by atoms with E-state index in [-0.39, 0.29) is 11.3 Å². The Kier molecular flexibility index (Phi) is 6.29. The fourth-order valence-corrected chi connectivity index (χ4v) is 4.39. The summed E-state index contributed by atoms with van der Waals surface area (Å²) in [5.41, 5.74) is -2.33. The van der Waals surface area contributed by atoms with Crippen LogP contribution in [-0.4, -0.2) is 65.7 Å². The lowest BCUT2D eigenvalue weighted by Crippen LogP contribution is -2.48. The van der Waals surface area contributed by atoms with Crippen LogP contribution in [0.25, 0.3) is 0 Å². The molecular weight excluding hydrogens is 462 g/mol. The first-order valence-electron chi connectivity index (χ1n) is 8.79. The van der Waals surface area contributed by atoms with Crippen molar-refractivity contribution in [2.45, 2.75) is 23.1 Å². The van der Waals surface area contributed by atoms with Crippen LogP contribution < -0.4 is 9.47 Å². The molecule has 1 fully saturated rings. The maximum absolute atomic E-state index is 13.8. The van der Waals surface area contributed by atoms with Gasteiger partial charge in [0, 0.05) is 12.6 Å². The van der Waals surface area contributed by atoms with Gasteiger partial charge in [-0.05, 0) is 24.3 Å². The highest BCUT2D eigenvalue weighted by Crippen LogP contribution is 2.31. The number of β-amino-alcohol motifs (C(OH)–C–C–N with tert-alkyl or cyclic N) is 1. The molecular formula is C18H15F4N3O6S. The first-order valence-corrected chi connectivity index (χ1v) is 10.2. The van der Waals surface area contributed by atoms with Gasteiger partial charge in [0.2, 0.25) is 0 Å². The summed E-state index contributed by atoms with van der Waals surface area (Å²) in [6.45, 7) is -2.02. The van der Waals surface area contributed by atoms with E-state index in [1.807, 2.05) is 0 Å². The van der Waals surface area contributed by atoms with Gasteiger partial charge in [-0.25, -0.2) is 17.8 Å². The summed E-state index contributed by atoms with van der Waals surface area (Å²) in [6, 6.07) is 6.40. The number of nitrogens with zero attached hydrogens (tertiary/aromatic N) is 3. The van der Waals surface area contributed by atoms with Gasteiger partial charge in [0.1, 0.15) is 35.1 Å². The van der Waals surface area contributed by atoms with Crippen molar-refractivity contribution < 1.29 is 45.7 Å². The van der Waals surface area contributed by atoms with E-state index in [1.54, 1.807) is 6.07 Å². The largest absolute Gasteiger partial charge is 0.573 e. The molecule has 0 radical (unpaired) electrons. The van der Waals surface area contributed by atoms with Crippen molar-refractivity contribution in [2.75, 3.05) is 19.7 Å². The second-order valence-corrected chi connectivity index (χ2v) is 8.68. The van der Waals surface area contributed by atoms with Crippen LogP contribution in [0.15, 0.2) is 41.6 Å². The third-order valence-electron chi connectivity index (χ3n) is 4.58. The summed E-state index contributed by atoms with van der Waals surface area (Å²) in [4.78, 5) is 3.47. The number of aromatic nitrogens is 1. The van der Waals surface area contributed by atoms with Crippen LogP contribution in [0.3, 0.4) is 0 Å². The van der Waals surface area contributed by atoms with Crippen LogP contribution in [0, 0.1) is 17.1 Å². The minimum atomic E-state index is -4.98. The van der Waals surface area contributed by atoms with Crippen molar-refractivity contribution >= 4 is 10.0 Å². The predicted molar refractivity (Wildman–Crippen MR) is 97.2 cm³/mol.